The molecule has 0 spiro atoms. The lowest BCUT2D eigenvalue weighted by Crippen LogP contribution is -2.04. The molecule has 0 aliphatic carbocycles. The zero-order valence-electron chi connectivity index (χ0n) is 3.56. The van der Waals surface area contributed by atoms with Crippen molar-refractivity contribution in [2.75, 3.05) is 12.7 Å². The number of carbonyl (C=O) groups is 1. The van der Waals surface area contributed by atoms with E-state index in [1.54, 1.807) is 0 Å². The molecule has 0 radical (unpaired) electrons. The predicted octanol–water partition coefficient (Wildman–Crippen LogP) is 0.284. The van der Waals surface area contributed by atoms with Crippen LogP contribution in [0.2, 0.25) is 0 Å². The van der Waals surface area contributed by atoms with Crippen molar-refractivity contribution in [2.24, 2.45) is 0 Å². The molecule has 0 aromatic carbocycles. The molecule has 0 unspecified atom stereocenters. The molecule has 0 aromatic rings. The van der Waals surface area contributed by atoms with Crippen molar-refractivity contribution in [3.8, 4) is 0 Å². The van der Waals surface area contributed by atoms with Crippen molar-refractivity contribution in [2.45, 2.75) is 0 Å². The van der Waals surface area contributed by atoms with Crippen LogP contribution in [0.25, 0.3) is 0 Å². The summed E-state index contributed by atoms with van der Waals surface area (Å²) in [5, 5.41) is 7.86. The molecule has 0 saturated carbocycles. The fraction of sp³-hybridized carbons (Fsp3) is 0.667. The number of halogens is 1. The number of hydrogen-bond acceptors (Lipinski definition) is 2. The lowest BCUT2D eigenvalue weighted by Gasteiger charge is -1.88. The summed E-state index contributed by atoms with van der Waals surface area (Å²) in [5.74, 6) is -0.999. The third-order valence-corrected chi connectivity index (χ3v) is 0.457. The number of hydrogen-bond donors (Lipinski definition) is 1. The van der Waals surface area contributed by atoms with Gasteiger partial charge in [-0.25, -0.2) is 4.79 Å². The molecule has 0 aliphatic heterocycles. The van der Waals surface area contributed by atoms with E-state index in [2.05, 4.69) is 4.74 Å². The Balaban J connectivity index is 2.82. The van der Waals surface area contributed by atoms with E-state index in [9.17, 15) is 4.79 Å². The van der Waals surface area contributed by atoms with E-state index in [0.717, 1.165) is 0 Å². The van der Waals surface area contributed by atoms with E-state index in [4.69, 9.17) is 16.7 Å². The van der Waals surface area contributed by atoms with Gasteiger partial charge in [0.15, 0.2) is 0 Å². The third-order valence-electron chi connectivity index (χ3n) is 0.303. The van der Waals surface area contributed by atoms with E-state index >= 15 is 0 Å². The van der Waals surface area contributed by atoms with Crippen LogP contribution >= 0.6 is 11.6 Å². The Morgan fingerprint density at radius 1 is 1.86 bits per heavy atom. The molecule has 42 valence electrons. The topological polar surface area (TPSA) is 46.5 Å². The number of alkyl halides is 1. The van der Waals surface area contributed by atoms with Crippen LogP contribution in [-0.2, 0) is 9.53 Å². The fourth-order valence-corrected chi connectivity index (χ4v) is 0.203. The lowest BCUT2D eigenvalue weighted by atomic mass is 10.8. The van der Waals surface area contributed by atoms with Crippen LogP contribution in [0.5, 0.6) is 0 Å². The fourth-order valence-electron chi connectivity index (χ4n) is 0.126. The predicted molar refractivity (Wildman–Crippen MR) is 24.3 cm³/mol. The minimum absolute atomic E-state index is 0.0632. The molecule has 4 heteroatoms. The maximum Gasteiger partial charge on any atom is 0.329 e. The molecular formula is C3H5ClO3. The highest BCUT2D eigenvalue weighted by Crippen LogP contribution is 1.76. The summed E-state index contributed by atoms with van der Waals surface area (Å²) >= 11 is 4.96. The molecule has 0 aliphatic rings. The highest BCUT2D eigenvalue weighted by Gasteiger charge is 1.91. The van der Waals surface area contributed by atoms with Crippen LogP contribution in [0.3, 0.4) is 0 Å². The molecule has 0 fully saturated rings. The maximum atomic E-state index is 9.57. The summed E-state index contributed by atoms with van der Waals surface area (Å²) in [6, 6.07) is -0.0632. The monoisotopic (exact) mass is 124 g/mol. The van der Waals surface area contributed by atoms with Crippen molar-refractivity contribution in [1.82, 2.24) is 0 Å². The molecular weight excluding hydrogens is 119 g/mol. The van der Waals surface area contributed by atoms with Crippen molar-refractivity contribution in [1.29, 1.82) is 0 Å². The molecule has 3 nitrogen and oxygen atoms in total. The summed E-state index contributed by atoms with van der Waals surface area (Å²) in [5.41, 5.74) is 0. The second-order valence-corrected chi connectivity index (χ2v) is 1.07. The lowest BCUT2D eigenvalue weighted by molar-refractivity contribution is -0.141. The molecule has 0 amide bonds. The summed E-state index contributed by atoms with van der Waals surface area (Å²) < 4.78 is 4.26. The second kappa shape index (κ2) is 3.89. The van der Waals surface area contributed by atoms with Gasteiger partial charge in [-0.3, -0.25) is 0 Å². The van der Waals surface area contributed by atoms with Gasteiger partial charge in [-0.1, -0.05) is 11.6 Å². The van der Waals surface area contributed by atoms with Gasteiger partial charge in [-0.2, -0.15) is 0 Å². The number of ether oxygens (including phenoxy) is 1. The molecule has 0 aromatic heterocycles. The first-order valence-corrected chi connectivity index (χ1v) is 2.16. The number of aliphatic carboxylic acids is 1. The quantitative estimate of drug-likeness (QED) is 0.550. The molecule has 7 heavy (non-hydrogen) atoms. The minimum Gasteiger partial charge on any atom is -0.480 e. The van der Waals surface area contributed by atoms with Crippen molar-refractivity contribution >= 4 is 17.6 Å². The molecule has 0 saturated heterocycles. The van der Waals surface area contributed by atoms with E-state index in [0.29, 0.717) is 0 Å². The number of carboxylic acid groups (broad SMARTS) is 1. The van der Waals surface area contributed by atoms with Crippen LogP contribution < -0.4 is 0 Å². The standard InChI is InChI=1S/C3H5ClO3/c4-2-7-1-3(5)6/h1-2H2,(H,5,6). The first kappa shape index (κ1) is 6.72. The van der Waals surface area contributed by atoms with Crippen LogP contribution in [0.15, 0.2) is 0 Å². The van der Waals surface area contributed by atoms with Crippen LogP contribution in [0.4, 0.5) is 0 Å². The van der Waals surface area contributed by atoms with E-state index in [1.807, 2.05) is 0 Å². The molecule has 0 heterocycles. The number of rotatable bonds is 3. The van der Waals surface area contributed by atoms with E-state index < -0.39 is 5.97 Å². The largest absolute Gasteiger partial charge is 0.480 e. The summed E-state index contributed by atoms with van der Waals surface area (Å²) in [6.07, 6.45) is 0. The van der Waals surface area contributed by atoms with Gasteiger partial charge in [-0.15, -0.1) is 0 Å². The number of carboxylic acids is 1. The molecule has 0 atom stereocenters. The Morgan fingerprint density at radius 2 is 2.43 bits per heavy atom. The van der Waals surface area contributed by atoms with Crippen LogP contribution in [0.1, 0.15) is 0 Å². The van der Waals surface area contributed by atoms with Crippen LogP contribution in [0, 0.1) is 0 Å². The first-order valence-electron chi connectivity index (χ1n) is 1.63. The highest BCUT2D eigenvalue weighted by molar-refractivity contribution is 6.17. The highest BCUT2D eigenvalue weighted by atomic mass is 35.5. The van der Waals surface area contributed by atoms with Crippen molar-refractivity contribution in [3.05, 3.63) is 0 Å². The Kier molecular flexibility index (Phi) is 3.74. The maximum absolute atomic E-state index is 9.57. The smallest absolute Gasteiger partial charge is 0.329 e. The van der Waals surface area contributed by atoms with Gasteiger partial charge in [0, 0.05) is 0 Å². The van der Waals surface area contributed by atoms with Gasteiger partial charge >= 0.3 is 5.97 Å². The SMILES string of the molecule is O=C(O)COCCl. The Morgan fingerprint density at radius 3 is 2.57 bits per heavy atom. The van der Waals surface area contributed by atoms with Crippen LogP contribution in [-0.4, -0.2) is 23.7 Å². The van der Waals surface area contributed by atoms with Gasteiger partial charge in [0.1, 0.15) is 12.7 Å². The summed E-state index contributed by atoms with van der Waals surface area (Å²) in [7, 11) is 0. The third kappa shape index (κ3) is 5.72. The summed E-state index contributed by atoms with van der Waals surface area (Å²) in [6.45, 7) is -0.316. The van der Waals surface area contributed by atoms with Gasteiger partial charge in [0.2, 0.25) is 0 Å². The second-order valence-electron chi connectivity index (χ2n) is 0.851. The van der Waals surface area contributed by atoms with E-state index in [1.165, 1.54) is 0 Å². The minimum atomic E-state index is -0.999. The molecule has 1 N–H and O–H groups in total. The van der Waals surface area contributed by atoms with Gasteiger partial charge < -0.3 is 9.84 Å². The van der Waals surface area contributed by atoms with Gasteiger partial charge in [0.05, 0.1) is 0 Å². The van der Waals surface area contributed by atoms with Crippen molar-refractivity contribution < 1.29 is 14.6 Å². The van der Waals surface area contributed by atoms with Crippen molar-refractivity contribution in [3.63, 3.8) is 0 Å². The molecule has 0 rings (SSSR count). The van der Waals surface area contributed by atoms with Gasteiger partial charge in [0.25, 0.3) is 0 Å². The average molecular weight is 125 g/mol. The molecule has 0 bridgehead atoms. The Bertz CT molecular complexity index is 63.2. The Hall–Kier alpha value is -0.280. The summed E-state index contributed by atoms with van der Waals surface area (Å²) in [4.78, 5) is 9.57. The van der Waals surface area contributed by atoms with E-state index in [-0.39, 0.29) is 12.7 Å². The first-order chi connectivity index (χ1) is 3.27. The normalized spacial score (nSPS) is 8.71. The van der Waals surface area contributed by atoms with Gasteiger partial charge in [-0.05, 0) is 0 Å². The Labute approximate surface area is 45.8 Å². The zero-order chi connectivity index (χ0) is 5.70. The zero-order valence-corrected chi connectivity index (χ0v) is 4.31. The average Bonchev–Trinajstić information content (AvgIpc) is 1.61.